The van der Waals surface area contributed by atoms with E-state index in [0.717, 1.165) is 0 Å². The fourth-order valence-electron chi connectivity index (χ4n) is 0.900. The van der Waals surface area contributed by atoms with E-state index in [-0.39, 0.29) is 5.56 Å². The molecular formula is C7H8O5P2+2. The third-order valence-electron chi connectivity index (χ3n) is 1.50. The average molecular weight is 234 g/mol. The molecule has 74 valence electrons. The molecule has 1 N–H and O–H groups in total. The summed E-state index contributed by atoms with van der Waals surface area (Å²) in [5.74, 6) is -2.21. The van der Waals surface area contributed by atoms with E-state index in [2.05, 4.69) is 9.05 Å². The highest BCUT2D eigenvalue weighted by molar-refractivity contribution is 7.18. The van der Waals surface area contributed by atoms with Crippen LogP contribution in [0.4, 0.5) is 0 Å². The molecule has 0 heterocycles. The van der Waals surface area contributed by atoms with Crippen LogP contribution in [0.5, 0.6) is 0 Å². The zero-order valence-corrected chi connectivity index (χ0v) is 8.97. The van der Waals surface area contributed by atoms with Gasteiger partial charge < -0.3 is 5.11 Å². The van der Waals surface area contributed by atoms with Crippen molar-refractivity contribution in [3.63, 3.8) is 0 Å². The fourth-order valence-corrected chi connectivity index (χ4v) is 1.53. The van der Waals surface area contributed by atoms with Gasteiger partial charge in [-0.05, 0) is 9.13 Å². The smallest absolute Gasteiger partial charge is 0.334 e. The van der Waals surface area contributed by atoms with Crippen LogP contribution in [-0.4, -0.2) is 5.11 Å². The molecule has 0 fully saturated rings. The molecule has 1 aromatic carbocycles. The van der Waals surface area contributed by atoms with Crippen LogP contribution < -0.4 is 0 Å². The minimum Gasteiger partial charge on any atom is -0.334 e. The summed E-state index contributed by atoms with van der Waals surface area (Å²) in [6.07, 6.45) is 0. The van der Waals surface area contributed by atoms with Crippen molar-refractivity contribution in [1.82, 2.24) is 0 Å². The second-order valence-electron chi connectivity index (χ2n) is 2.32. The Hall–Kier alpha value is -0.700. The van der Waals surface area contributed by atoms with Crippen molar-refractivity contribution in [2.24, 2.45) is 0 Å². The molecule has 0 radical (unpaired) electrons. The summed E-state index contributed by atoms with van der Waals surface area (Å²) < 4.78 is 29.5. The van der Waals surface area contributed by atoms with E-state index in [1.165, 1.54) is 12.1 Å². The lowest BCUT2D eigenvalue weighted by Gasteiger charge is -2.12. The van der Waals surface area contributed by atoms with Gasteiger partial charge in [0, 0.05) is 5.56 Å². The Labute approximate surface area is 83.2 Å². The number of hydrogen-bond donors (Lipinski definition) is 1. The first-order valence-electron chi connectivity index (χ1n) is 3.61. The molecule has 0 amide bonds. The van der Waals surface area contributed by atoms with Crippen molar-refractivity contribution in [1.29, 1.82) is 0 Å². The topological polar surface area (TPSA) is 72.8 Å². The predicted octanol–water partition coefficient (Wildman–Crippen LogP) is 1.70. The second kappa shape index (κ2) is 5.25. The van der Waals surface area contributed by atoms with E-state index >= 15 is 0 Å². The van der Waals surface area contributed by atoms with E-state index < -0.39 is 23.3 Å². The van der Waals surface area contributed by atoms with Crippen LogP contribution in [0, 0.1) is 0 Å². The van der Waals surface area contributed by atoms with Gasteiger partial charge >= 0.3 is 23.3 Å². The molecule has 0 aliphatic carbocycles. The van der Waals surface area contributed by atoms with Gasteiger partial charge in [0.05, 0.1) is 0 Å². The van der Waals surface area contributed by atoms with Gasteiger partial charge in [0.1, 0.15) is 0 Å². The number of hydrogen-bond acceptors (Lipinski definition) is 5. The van der Waals surface area contributed by atoms with Gasteiger partial charge in [-0.1, -0.05) is 39.4 Å². The molecule has 14 heavy (non-hydrogen) atoms. The molecule has 7 heteroatoms. The number of benzene rings is 1. The maximum Gasteiger partial charge on any atom is 0.500 e. The van der Waals surface area contributed by atoms with Gasteiger partial charge in [0.2, 0.25) is 0 Å². The Morgan fingerprint density at radius 2 is 1.57 bits per heavy atom. The van der Waals surface area contributed by atoms with Crippen LogP contribution in [0.15, 0.2) is 30.3 Å². The molecule has 2 unspecified atom stereocenters. The van der Waals surface area contributed by atoms with E-state index in [9.17, 15) is 14.2 Å². The van der Waals surface area contributed by atoms with E-state index in [4.69, 9.17) is 0 Å². The minimum absolute atomic E-state index is 0.228. The van der Waals surface area contributed by atoms with E-state index in [1.807, 2.05) is 0 Å². The largest absolute Gasteiger partial charge is 0.500 e. The van der Waals surface area contributed by atoms with Crippen molar-refractivity contribution in [2.45, 2.75) is 5.97 Å². The summed E-state index contributed by atoms with van der Waals surface area (Å²) >= 11 is 0. The molecule has 1 aromatic rings. The van der Waals surface area contributed by atoms with E-state index in [0.29, 0.717) is 0 Å². The Kier molecular flexibility index (Phi) is 4.26. The number of rotatable bonds is 5. The molecular weight excluding hydrogens is 226 g/mol. The van der Waals surface area contributed by atoms with Crippen molar-refractivity contribution in [3.8, 4) is 0 Å². The molecule has 0 aromatic heterocycles. The molecule has 0 saturated carbocycles. The third kappa shape index (κ3) is 2.64. The maximum absolute atomic E-state index is 10.3. The van der Waals surface area contributed by atoms with Crippen LogP contribution in [0.25, 0.3) is 0 Å². The van der Waals surface area contributed by atoms with Gasteiger partial charge in [-0.2, -0.15) is 0 Å². The van der Waals surface area contributed by atoms with Gasteiger partial charge in [0.15, 0.2) is 0 Å². The Balaban J connectivity index is 2.98. The average Bonchev–Trinajstić information content (AvgIpc) is 2.20. The zero-order valence-electron chi connectivity index (χ0n) is 6.97. The highest BCUT2D eigenvalue weighted by Crippen LogP contribution is 2.31. The highest BCUT2D eigenvalue weighted by Gasteiger charge is 2.41. The standard InChI is InChI=1S/C7H8O5P2/c8-7(11-13-9,12-14-10)6-4-2-1-3-5-6/h1-5,8,13-14H/q+2. The third-order valence-corrected chi connectivity index (χ3v) is 2.22. The molecule has 2 atom stereocenters. The normalized spacial score (nSPS) is 15.5. The Morgan fingerprint density at radius 3 is 2.00 bits per heavy atom. The molecule has 1 rings (SSSR count). The lowest BCUT2D eigenvalue weighted by molar-refractivity contribution is -0.275. The van der Waals surface area contributed by atoms with Crippen molar-refractivity contribution in [2.75, 3.05) is 0 Å². The predicted molar refractivity (Wildman–Crippen MR) is 50.5 cm³/mol. The van der Waals surface area contributed by atoms with Crippen LogP contribution in [0.1, 0.15) is 5.56 Å². The summed E-state index contributed by atoms with van der Waals surface area (Å²) in [4.78, 5) is 0. The zero-order chi connectivity index (χ0) is 10.4. The number of aliphatic hydroxyl groups is 1. The summed E-state index contributed by atoms with van der Waals surface area (Å²) in [7, 11) is -2.43. The van der Waals surface area contributed by atoms with Gasteiger partial charge in [-0.25, -0.2) is 0 Å². The lowest BCUT2D eigenvalue weighted by atomic mass is 10.2. The first-order valence-corrected chi connectivity index (χ1v) is 5.24. The molecule has 0 aliphatic rings. The Morgan fingerprint density at radius 1 is 1.07 bits per heavy atom. The fraction of sp³-hybridized carbons (Fsp3) is 0.143. The first kappa shape index (κ1) is 11.4. The van der Waals surface area contributed by atoms with Gasteiger partial charge in [0.25, 0.3) is 0 Å². The summed E-state index contributed by atoms with van der Waals surface area (Å²) in [6.45, 7) is 0. The van der Waals surface area contributed by atoms with Gasteiger partial charge in [-0.15, -0.1) is 0 Å². The monoisotopic (exact) mass is 234 g/mol. The second-order valence-corrected chi connectivity index (χ2v) is 3.06. The highest BCUT2D eigenvalue weighted by atomic mass is 31.1. The lowest BCUT2D eigenvalue weighted by Crippen LogP contribution is -2.26. The quantitative estimate of drug-likeness (QED) is 0.620. The summed E-state index contributed by atoms with van der Waals surface area (Å²) in [5, 5.41) is 9.65. The van der Waals surface area contributed by atoms with Crippen LogP contribution >= 0.6 is 17.4 Å². The van der Waals surface area contributed by atoms with Crippen molar-refractivity contribution in [3.05, 3.63) is 35.9 Å². The van der Waals surface area contributed by atoms with Gasteiger partial charge in [-0.3, -0.25) is 0 Å². The Bertz CT molecular complexity index is 305. The van der Waals surface area contributed by atoms with Crippen molar-refractivity contribution >= 4 is 17.4 Å². The van der Waals surface area contributed by atoms with Crippen LogP contribution in [-0.2, 0) is 24.2 Å². The molecule has 5 nitrogen and oxygen atoms in total. The molecule has 0 bridgehead atoms. The van der Waals surface area contributed by atoms with Crippen molar-refractivity contribution < 1.29 is 23.3 Å². The van der Waals surface area contributed by atoms with E-state index in [1.54, 1.807) is 18.2 Å². The molecule has 0 spiro atoms. The van der Waals surface area contributed by atoms with Crippen LogP contribution in [0.3, 0.4) is 0 Å². The molecule has 0 saturated heterocycles. The maximum atomic E-state index is 10.3. The SMILES string of the molecule is O=[PH+]OC(O)(O[PH+]=O)c1ccccc1. The summed E-state index contributed by atoms with van der Waals surface area (Å²) in [5.41, 5.74) is 0.228. The minimum atomic E-state index is -2.21. The first-order chi connectivity index (χ1) is 6.73. The molecule has 0 aliphatic heterocycles. The summed E-state index contributed by atoms with van der Waals surface area (Å²) in [6, 6.07) is 7.99. The van der Waals surface area contributed by atoms with Crippen LogP contribution in [0.2, 0.25) is 0 Å².